The van der Waals surface area contributed by atoms with Gasteiger partial charge in [-0.15, -0.1) is 0 Å². The van der Waals surface area contributed by atoms with Crippen LogP contribution in [0.2, 0.25) is 0 Å². The lowest BCUT2D eigenvalue weighted by Crippen LogP contribution is -2.11. The van der Waals surface area contributed by atoms with Gasteiger partial charge in [0.25, 0.3) is 0 Å². The van der Waals surface area contributed by atoms with Crippen molar-refractivity contribution in [1.29, 1.82) is 0 Å². The molecule has 0 radical (unpaired) electrons. The summed E-state index contributed by atoms with van der Waals surface area (Å²) in [6, 6.07) is 4.38. The minimum atomic E-state index is -4.59. The quantitative estimate of drug-likeness (QED) is 0.501. The predicted octanol–water partition coefficient (Wildman–Crippen LogP) is 5.03. The fourth-order valence-electron chi connectivity index (χ4n) is 2.62. The van der Waals surface area contributed by atoms with Crippen LogP contribution in [-0.2, 0) is 0 Å². The second-order valence-corrected chi connectivity index (χ2v) is 5.44. The molecule has 1 aliphatic rings. The largest absolute Gasteiger partial charge is 0.458 e. The van der Waals surface area contributed by atoms with Gasteiger partial charge in [-0.2, -0.15) is 13.2 Å². The van der Waals surface area contributed by atoms with Crippen LogP contribution in [-0.4, -0.2) is 6.18 Å². The Morgan fingerprint density at radius 3 is 2.30 bits per heavy atom. The van der Waals surface area contributed by atoms with Crippen molar-refractivity contribution in [3.05, 3.63) is 35.1 Å². The number of benzene rings is 1. The van der Waals surface area contributed by atoms with Gasteiger partial charge in [0.1, 0.15) is 5.82 Å². The molecule has 1 saturated carbocycles. The highest BCUT2D eigenvalue weighted by Crippen LogP contribution is 2.35. The molecule has 1 aliphatic carbocycles. The second kappa shape index (κ2) is 5.87. The van der Waals surface area contributed by atoms with Gasteiger partial charge in [0.15, 0.2) is 0 Å². The van der Waals surface area contributed by atoms with Crippen molar-refractivity contribution in [2.24, 2.45) is 5.92 Å². The molecule has 0 N–H and O–H groups in total. The summed E-state index contributed by atoms with van der Waals surface area (Å²) in [6.07, 6.45) is -0.350. The standard InChI is InChI=1S/C16H16F4/c1-11-2-4-12(5-3-11)14-7-6-13(15(17)10-14)8-9-16(18,19)20/h6-7,10-12H,2-5H2,1H3. The Morgan fingerprint density at radius 2 is 1.75 bits per heavy atom. The Balaban J connectivity index is 2.15. The molecule has 1 aromatic carbocycles. The van der Waals surface area contributed by atoms with Crippen LogP contribution in [0.4, 0.5) is 17.6 Å². The maximum atomic E-state index is 13.8. The molecule has 1 aromatic rings. The molecule has 0 aliphatic heterocycles. The van der Waals surface area contributed by atoms with Crippen LogP contribution in [0.5, 0.6) is 0 Å². The minimum absolute atomic E-state index is 0.199. The smallest absolute Gasteiger partial charge is 0.206 e. The first-order valence-corrected chi connectivity index (χ1v) is 6.74. The summed E-state index contributed by atoms with van der Waals surface area (Å²) in [5.74, 6) is 3.28. The van der Waals surface area contributed by atoms with Gasteiger partial charge in [-0.25, -0.2) is 4.39 Å². The molecule has 0 aromatic heterocycles. The zero-order chi connectivity index (χ0) is 14.8. The van der Waals surface area contributed by atoms with E-state index in [9.17, 15) is 17.6 Å². The van der Waals surface area contributed by atoms with Crippen molar-refractivity contribution in [1.82, 2.24) is 0 Å². The van der Waals surface area contributed by atoms with E-state index in [0.29, 0.717) is 11.8 Å². The molecular formula is C16H16F4. The first-order chi connectivity index (χ1) is 9.35. The van der Waals surface area contributed by atoms with E-state index in [4.69, 9.17) is 0 Å². The summed E-state index contributed by atoms with van der Waals surface area (Å²) in [6.45, 7) is 2.20. The maximum absolute atomic E-state index is 13.8. The zero-order valence-electron chi connectivity index (χ0n) is 11.2. The van der Waals surface area contributed by atoms with Crippen LogP contribution >= 0.6 is 0 Å². The normalized spacial score (nSPS) is 23.1. The van der Waals surface area contributed by atoms with Crippen molar-refractivity contribution >= 4 is 0 Å². The van der Waals surface area contributed by atoms with E-state index >= 15 is 0 Å². The highest BCUT2D eigenvalue weighted by atomic mass is 19.4. The number of alkyl halides is 3. The zero-order valence-corrected chi connectivity index (χ0v) is 11.2. The van der Waals surface area contributed by atoms with Crippen molar-refractivity contribution < 1.29 is 17.6 Å². The Hall–Kier alpha value is -1.50. The monoisotopic (exact) mass is 284 g/mol. The third-order valence-corrected chi connectivity index (χ3v) is 3.82. The Labute approximate surface area is 116 Å². The van der Waals surface area contributed by atoms with Crippen LogP contribution in [0.25, 0.3) is 0 Å². The van der Waals surface area contributed by atoms with Crippen molar-refractivity contribution in [3.63, 3.8) is 0 Å². The fraction of sp³-hybridized carbons (Fsp3) is 0.500. The van der Waals surface area contributed by atoms with E-state index in [0.717, 1.165) is 37.2 Å². The van der Waals surface area contributed by atoms with Crippen LogP contribution in [0.15, 0.2) is 18.2 Å². The van der Waals surface area contributed by atoms with E-state index < -0.39 is 12.0 Å². The van der Waals surface area contributed by atoms with Gasteiger partial charge in [-0.3, -0.25) is 0 Å². The molecule has 108 valence electrons. The molecule has 0 unspecified atom stereocenters. The lowest BCUT2D eigenvalue weighted by molar-refractivity contribution is -0.0696. The van der Waals surface area contributed by atoms with Gasteiger partial charge in [-0.05, 0) is 42.4 Å². The lowest BCUT2D eigenvalue weighted by Gasteiger charge is -2.26. The second-order valence-electron chi connectivity index (χ2n) is 5.44. The van der Waals surface area contributed by atoms with Crippen molar-refractivity contribution in [2.75, 3.05) is 0 Å². The van der Waals surface area contributed by atoms with Gasteiger partial charge in [0.2, 0.25) is 0 Å². The summed E-state index contributed by atoms with van der Waals surface area (Å²) < 4.78 is 49.7. The molecule has 2 rings (SSSR count). The third kappa shape index (κ3) is 4.00. The average molecular weight is 284 g/mol. The molecule has 0 heterocycles. The predicted molar refractivity (Wildman–Crippen MR) is 69.7 cm³/mol. The van der Waals surface area contributed by atoms with Crippen molar-refractivity contribution in [3.8, 4) is 11.8 Å². The van der Waals surface area contributed by atoms with Crippen LogP contribution in [0.1, 0.15) is 49.7 Å². The highest BCUT2D eigenvalue weighted by molar-refractivity contribution is 5.39. The molecule has 0 nitrogen and oxygen atoms in total. The summed E-state index contributed by atoms with van der Waals surface area (Å²) in [5, 5.41) is 0. The number of halogens is 4. The Bertz CT molecular complexity index is 526. The van der Waals surface area contributed by atoms with Crippen LogP contribution in [0.3, 0.4) is 0 Å². The van der Waals surface area contributed by atoms with E-state index in [1.54, 1.807) is 6.07 Å². The average Bonchev–Trinajstić information content (AvgIpc) is 2.37. The molecular weight excluding hydrogens is 268 g/mol. The summed E-state index contributed by atoms with van der Waals surface area (Å²) in [4.78, 5) is 0. The summed E-state index contributed by atoms with van der Waals surface area (Å²) in [7, 11) is 0. The molecule has 20 heavy (non-hydrogen) atoms. The number of rotatable bonds is 1. The van der Waals surface area contributed by atoms with E-state index in [1.807, 2.05) is 5.92 Å². The topological polar surface area (TPSA) is 0 Å². The van der Waals surface area contributed by atoms with E-state index in [1.165, 1.54) is 12.1 Å². The molecule has 0 amide bonds. The first-order valence-electron chi connectivity index (χ1n) is 6.74. The van der Waals surface area contributed by atoms with E-state index in [2.05, 4.69) is 6.92 Å². The Morgan fingerprint density at radius 1 is 1.10 bits per heavy atom. The first kappa shape index (κ1) is 14.9. The molecule has 0 atom stereocenters. The van der Waals surface area contributed by atoms with Crippen LogP contribution in [0, 0.1) is 23.6 Å². The highest BCUT2D eigenvalue weighted by Gasteiger charge is 2.23. The Kier molecular flexibility index (Phi) is 4.37. The number of hydrogen-bond donors (Lipinski definition) is 0. The van der Waals surface area contributed by atoms with Gasteiger partial charge < -0.3 is 0 Å². The van der Waals surface area contributed by atoms with Crippen molar-refractivity contribution in [2.45, 2.75) is 44.7 Å². The summed E-state index contributed by atoms with van der Waals surface area (Å²) >= 11 is 0. The van der Waals surface area contributed by atoms with Crippen LogP contribution < -0.4 is 0 Å². The van der Waals surface area contributed by atoms with Gasteiger partial charge in [0, 0.05) is 5.92 Å². The molecule has 1 fully saturated rings. The molecule has 0 bridgehead atoms. The third-order valence-electron chi connectivity index (χ3n) is 3.82. The van der Waals surface area contributed by atoms with Gasteiger partial charge >= 0.3 is 6.18 Å². The van der Waals surface area contributed by atoms with Gasteiger partial charge in [0.05, 0.1) is 5.56 Å². The lowest BCUT2D eigenvalue weighted by atomic mass is 9.79. The SMILES string of the molecule is CC1CCC(c2ccc(C#CC(F)(F)F)c(F)c2)CC1. The molecule has 4 heteroatoms. The maximum Gasteiger partial charge on any atom is 0.458 e. The minimum Gasteiger partial charge on any atom is -0.206 e. The van der Waals surface area contributed by atoms with E-state index in [-0.39, 0.29) is 5.56 Å². The fourth-order valence-corrected chi connectivity index (χ4v) is 2.62. The molecule has 0 spiro atoms. The molecule has 0 saturated heterocycles. The van der Waals surface area contributed by atoms with Gasteiger partial charge in [-0.1, -0.05) is 31.8 Å². The summed E-state index contributed by atoms with van der Waals surface area (Å²) in [5.41, 5.74) is 0.669. The number of hydrogen-bond acceptors (Lipinski definition) is 0.